The van der Waals surface area contributed by atoms with Crippen LogP contribution in [0, 0.1) is 23.2 Å². The molecular formula is C18H26N4O5. The van der Waals surface area contributed by atoms with Gasteiger partial charge in [0.05, 0.1) is 6.04 Å². The number of hydrogen-bond donors (Lipinski definition) is 3. The molecule has 148 valence electrons. The Morgan fingerprint density at radius 3 is 2.52 bits per heavy atom. The molecule has 3 rings (SSSR count). The molecule has 9 nitrogen and oxygen atoms in total. The highest BCUT2D eigenvalue weighted by molar-refractivity contribution is 6.37. The van der Waals surface area contributed by atoms with Crippen LogP contribution in [0.25, 0.3) is 0 Å². The number of likely N-dealkylation sites (tertiary alicyclic amines) is 1. The molecule has 0 unspecified atom stereocenters. The largest absolute Gasteiger partial charge is 0.363 e. The third kappa shape index (κ3) is 3.30. The van der Waals surface area contributed by atoms with E-state index >= 15 is 0 Å². The van der Waals surface area contributed by atoms with Gasteiger partial charge in [-0.05, 0) is 30.1 Å². The van der Waals surface area contributed by atoms with Crippen molar-refractivity contribution in [2.45, 2.75) is 45.7 Å². The van der Waals surface area contributed by atoms with Crippen LogP contribution < -0.4 is 16.4 Å². The van der Waals surface area contributed by atoms with Crippen LogP contribution in [0.5, 0.6) is 0 Å². The zero-order chi connectivity index (χ0) is 20.1. The highest BCUT2D eigenvalue weighted by Crippen LogP contribution is 2.64. The van der Waals surface area contributed by atoms with Gasteiger partial charge in [0, 0.05) is 25.9 Å². The molecule has 4 amide bonds. The number of nitrogens with zero attached hydrogens (tertiary/aromatic N) is 1. The van der Waals surface area contributed by atoms with E-state index in [2.05, 4.69) is 24.5 Å². The van der Waals surface area contributed by atoms with Crippen LogP contribution in [-0.4, -0.2) is 59.5 Å². The van der Waals surface area contributed by atoms with E-state index in [1.165, 1.54) is 11.8 Å². The fourth-order valence-corrected chi connectivity index (χ4v) is 4.73. The fourth-order valence-electron chi connectivity index (χ4n) is 4.73. The maximum absolute atomic E-state index is 13.0. The summed E-state index contributed by atoms with van der Waals surface area (Å²) in [5, 5.41) is 5.27. The number of carbonyl (C=O) groups is 5. The van der Waals surface area contributed by atoms with Crippen LogP contribution in [0.1, 0.15) is 33.6 Å². The maximum atomic E-state index is 13.0. The Balaban J connectivity index is 1.76. The summed E-state index contributed by atoms with van der Waals surface area (Å²) >= 11 is 0. The molecule has 0 aromatic heterocycles. The Morgan fingerprint density at radius 2 is 2.00 bits per heavy atom. The number of carbonyl (C=O) groups excluding carboxylic acids is 5. The molecule has 2 aliphatic heterocycles. The van der Waals surface area contributed by atoms with Crippen LogP contribution in [0.2, 0.25) is 0 Å². The van der Waals surface area contributed by atoms with Gasteiger partial charge in [0.25, 0.3) is 5.91 Å². The molecule has 1 saturated carbocycles. The van der Waals surface area contributed by atoms with Crippen molar-refractivity contribution >= 4 is 29.4 Å². The number of primary amides is 1. The van der Waals surface area contributed by atoms with Crippen molar-refractivity contribution in [1.29, 1.82) is 0 Å². The van der Waals surface area contributed by atoms with Gasteiger partial charge in [0.2, 0.25) is 23.5 Å². The number of nitrogens with one attached hydrogen (secondary N) is 2. The first kappa shape index (κ1) is 19.3. The summed E-state index contributed by atoms with van der Waals surface area (Å²) in [6, 6.07) is -1.85. The average Bonchev–Trinajstić information content (AvgIpc) is 2.97. The smallest absolute Gasteiger partial charge is 0.287 e. The van der Waals surface area contributed by atoms with Gasteiger partial charge in [-0.3, -0.25) is 24.0 Å². The third-order valence-corrected chi connectivity index (χ3v) is 6.44. The van der Waals surface area contributed by atoms with Crippen molar-refractivity contribution in [2.24, 2.45) is 28.9 Å². The zero-order valence-corrected chi connectivity index (χ0v) is 15.8. The molecule has 0 bridgehead atoms. The van der Waals surface area contributed by atoms with Gasteiger partial charge in [-0.15, -0.1) is 0 Å². The first-order valence-corrected chi connectivity index (χ1v) is 9.24. The standard InChI is InChI=1S/C18H26N4O5/c1-8(23)22-7-10-12(18(10,2)3)13(22)17(27)21-11(14(24)15(19)25)6-9-4-5-20-16(9)26/h9-13H,4-7H2,1-3H3,(H2,19,25)(H,20,26)(H,21,27)/t9-,10-,11-,12-,13-/m0/s1. The Morgan fingerprint density at radius 1 is 1.33 bits per heavy atom. The van der Waals surface area contributed by atoms with E-state index in [1.54, 1.807) is 0 Å². The van der Waals surface area contributed by atoms with E-state index in [0.717, 1.165) is 0 Å². The SMILES string of the molecule is CC(=O)N1C[C@H]2[C@@H]([C@H]1C(=O)N[C@@H](C[C@@H]1CCNC1=O)C(=O)C(N)=O)C2(C)C. The Hall–Kier alpha value is -2.45. The van der Waals surface area contributed by atoms with E-state index < -0.39 is 35.6 Å². The van der Waals surface area contributed by atoms with Crippen LogP contribution in [0.15, 0.2) is 0 Å². The van der Waals surface area contributed by atoms with E-state index in [9.17, 15) is 24.0 Å². The van der Waals surface area contributed by atoms with Crippen LogP contribution in [0.3, 0.4) is 0 Å². The summed E-state index contributed by atoms with van der Waals surface area (Å²) in [6.07, 6.45) is 0.543. The van der Waals surface area contributed by atoms with Gasteiger partial charge < -0.3 is 21.3 Å². The number of rotatable bonds is 6. The number of Topliss-reactive ketones (excluding diaryl/α,β-unsaturated/α-hetero) is 1. The first-order valence-electron chi connectivity index (χ1n) is 9.24. The zero-order valence-electron chi connectivity index (χ0n) is 15.8. The Bertz CT molecular complexity index is 719. The lowest BCUT2D eigenvalue weighted by atomic mass is 9.94. The topological polar surface area (TPSA) is 139 Å². The Kier molecular flexibility index (Phi) is 4.73. The minimum atomic E-state index is -1.17. The lowest BCUT2D eigenvalue weighted by molar-refractivity contribution is -0.142. The van der Waals surface area contributed by atoms with Crippen molar-refractivity contribution in [3.63, 3.8) is 0 Å². The number of piperidine rings is 1. The van der Waals surface area contributed by atoms with Crippen molar-refractivity contribution in [3.8, 4) is 0 Å². The summed E-state index contributed by atoms with van der Waals surface area (Å²) in [7, 11) is 0. The lowest BCUT2D eigenvalue weighted by Gasteiger charge is -2.30. The van der Waals surface area contributed by atoms with Gasteiger partial charge in [0.15, 0.2) is 0 Å². The molecular weight excluding hydrogens is 352 g/mol. The second-order valence-corrected chi connectivity index (χ2v) is 8.37. The summed E-state index contributed by atoms with van der Waals surface area (Å²) in [5.41, 5.74) is 5.07. The van der Waals surface area contributed by atoms with E-state index in [0.29, 0.717) is 19.5 Å². The minimum Gasteiger partial charge on any atom is -0.363 e. The average molecular weight is 378 g/mol. The molecule has 4 N–H and O–H groups in total. The van der Waals surface area contributed by atoms with Gasteiger partial charge in [0.1, 0.15) is 6.04 Å². The summed E-state index contributed by atoms with van der Waals surface area (Å²) in [4.78, 5) is 61.9. The van der Waals surface area contributed by atoms with Crippen LogP contribution in [-0.2, 0) is 24.0 Å². The van der Waals surface area contributed by atoms with Crippen molar-refractivity contribution in [2.75, 3.05) is 13.1 Å². The number of fused-ring (bicyclic) bond motifs is 1. The molecule has 27 heavy (non-hydrogen) atoms. The molecule has 3 aliphatic rings. The summed E-state index contributed by atoms with van der Waals surface area (Å²) in [5.74, 6) is -3.17. The van der Waals surface area contributed by atoms with Crippen LogP contribution >= 0.6 is 0 Å². The fraction of sp³-hybridized carbons (Fsp3) is 0.722. The molecule has 0 aromatic rings. The normalized spacial score (nSPS) is 31.7. The number of amides is 4. The second kappa shape index (κ2) is 6.61. The minimum absolute atomic E-state index is 0.0144. The predicted molar refractivity (Wildman–Crippen MR) is 93.8 cm³/mol. The first-order chi connectivity index (χ1) is 12.6. The molecule has 9 heteroatoms. The van der Waals surface area contributed by atoms with Crippen molar-refractivity contribution in [3.05, 3.63) is 0 Å². The monoisotopic (exact) mass is 378 g/mol. The molecule has 3 fully saturated rings. The van der Waals surface area contributed by atoms with Crippen molar-refractivity contribution < 1.29 is 24.0 Å². The molecule has 0 spiro atoms. The molecule has 0 radical (unpaired) electrons. The van der Waals surface area contributed by atoms with Gasteiger partial charge in [-0.2, -0.15) is 0 Å². The molecule has 5 atom stereocenters. The van der Waals surface area contributed by atoms with Crippen molar-refractivity contribution in [1.82, 2.24) is 15.5 Å². The van der Waals surface area contributed by atoms with Gasteiger partial charge in [-0.1, -0.05) is 13.8 Å². The predicted octanol–water partition coefficient (Wildman–Crippen LogP) is -1.45. The second-order valence-electron chi connectivity index (χ2n) is 8.37. The highest BCUT2D eigenvalue weighted by atomic mass is 16.2. The van der Waals surface area contributed by atoms with E-state index in [-0.39, 0.29) is 35.5 Å². The number of ketones is 1. The van der Waals surface area contributed by atoms with E-state index in [1.807, 2.05) is 0 Å². The van der Waals surface area contributed by atoms with Gasteiger partial charge in [-0.25, -0.2) is 0 Å². The number of nitrogens with two attached hydrogens (primary N) is 1. The molecule has 0 aromatic carbocycles. The summed E-state index contributed by atoms with van der Waals surface area (Å²) in [6.45, 7) is 6.51. The quantitative estimate of drug-likeness (QED) is 0.486. The maximum Gasteiger partial charge on any atom is 0.287 e. The number of hydrogen-bond acceptors (Lipinski definition) is 5. The molecule has 2 heterocycles. The third-order valence-electron chi connectivity index (χ3n) is 6.44. The molecule has 1 aliphatic carbocycles. The van der Waals surface area contributed by atoms with Crippen LogP contribution in [0.4, 0.5) is 0 Å². The molecule has 2 saturated heterocycles. The highest BCUT2D eigenvalue weighted by Gasteiger charge is 2.69. The van der Waals surface area contributed by atoms with E-state index in [4.69, 9.17) is 5.73 Å². The lowest BCUT2D eigenvalue weighted by Crippen LogP contribution is -2.55. The summed E-state index contributed by atoms with van der Waals surface area (Å²) < 4.78 is 0. The Labute approximate surface area is 157 Å². The van der Waals surface area contributed by atoms with Gasteiger partial charge >= 0.3 is 0 Å².